The molecule has 1 aliphatic carbocycles. The predicted molar refractivity (Wildman–Crippen MR) is 82.0 cm³/mol. The van der Waals surface area contributed by atoms with E-state index in [1.54, 1.807) is 31.9 Å². The lowest BCUT2D eigenvalue weighted by Crippen LogP contribution is -2.13. The molecule has 4 nitrogen and oxygen atoms in total. The fourth-order valence-corrected chi connectivity index (χ4v) is 3.72. The second kappa shape index (κ2) is 6.52. The van der Waals surface area contributed by atoms with Gasteiger partial charge in [0.1, 0.15) is 5.75 Å². The molecule has 5 heteroatoms. The van der Waals surface area contributed by atoms with Gasteiger partial charge in [0.25, 0.3) is 0 Å². The van der Waals surface area contributed by atoms with Crippen molar-refractivity contribution < 1.29 is 19.1 Å². The highest BCUT2D eigenvalue weighted by Gasteiger charge is 2.44. The van der Waals surface area contributed by atoms with Gasteiger partial charge in [-0.25, -0.2) is 0 Å². The van der Waals surface area contributed by atoms with Gasteiger partial charge in [-0.2, -0.15) is 0 Å². The zero-order valence-corrected chi connectivity index (χ0v) is 13.4. The van der Waals surface area contributed by atoms with Crippen LogP contribution in [0.1, 0.15) is 36.5 Å². The third-order valence-electron chi connectivity index (χ3n) is 3.80. The molecule has 0 radical (unpaired) electrons. The molecular weight excluding hydrogens is 288 g/mol. The van der Waals surface area contributed by atoms with E-state index < -0.39 is 0 Å². The van der Waals surface area contributed by atoms with Gasteiger partial charge in [0.2, 0.25) is 0 Å². The topological polar surface area (TPSA) is 52.6 Å². The average Bonchev–Trinajstić information content (AvgIpc) is 3.24. The van der Waals surface area contributed by atoms with E-state index in [0.29, 0.717) is 17.7 Å². The zero-order chi connectivity index (χ0) is 15.5. The molecule has 1 saturated carbocycles. The summed E-state index contributed by atoms with van der Waals surface area (Å²) >= 11 is 1.62. The Kier molecular flexibility index (Phi) is 4.93. The summed E-state index contributed by atoms with van der Waals surface area (Å²) in [5, 5.41) is 0. The molecule has 0 spiro atoms. The Balaban J connectivity index is 2.10. The second-order valence-electron chi connectivity index (χ2n) is 5.43. The first-order valence-corrected chi connectivity index (χ1v) is 7.87. The number of methoxy groups -OCH3 is 2. The van der Waals surface area contributed by atoms with Crippen LogP contribution < -0.4 is 4.74 Å². The Labute approximate surface area is 129 Å². The fourth-order valence-electron chi connectivity index (χ4n) is 2.31. The average molecular weight is 308 g/mol. The van der Waals surface area contributed by atoms with E-state index in [9.17, 15) is 9.59 Å². The van der Waals surface area contributed by atoms with Gasteiger partial charge >= 0.3 is 5.97 Å². The summed E-state index contributed by atoms with van der Waals surface area (Å²) in [7, 11) is 2.98. The monoisotopic (exact) mass is 308 g/mol. The van der Waals surface area contributed by atoms with Crippen LogP contribution in [-0.2, 0) is 9.53 Å². The first kappa shape index (κ1) is 15.9. The highest BCUT2D eigenvalue weighted by atomic mass is 32.2. The summed E-state index contributed by atoms with van der Waals surface area (Å²) in [6.45, 7) is 1.54. The molecule has 0 unspecified atom stereocenters. The van der Waals surface area contributed by atoms with Gasteiger partial charge in [-0.3, -0.25) is 9.59 Å². The lowest BCUT2D eigenvalue weighted by atomic mass is 10.1. The van der Waals surface area contributed by atoms with Crippen LogP contribution in [0, 0.1) is 5.41 Å². The van der Waals surface area contributed by atoms with E-state index in [4.69, 9.17) is 9.47 Å². The predicted octanol–water partition coefficient (Wildman–Crippen LogP) is 3.33. The van der Waals surface area contributed by atoms with Crippen LogP contribution in [0.3, 0.4) is 0 Å². The van der Waals surface area contributed by atoms with Crippen LogP contribution in [-0.4, -0.2) is 31.7 Å². The van der Waals surface area contributed by atoms with E-state index in [1.807, 2.05) is 12.1 Å². The standard InChI is InChI=1S/C16H20O4S/c1-11(17)15-12(19-2)5-4-6-13(15)21-10-16(7-8-16)9-14(18)20-3/h4-6H,7-10H2,1-3H3. The fraction of sp³-hybridized carbons (Fsp3) is 0.500. The van der Waals surface area contributed by atoms with Gasteiger partial charge in [0.15, 0.2) is 5.78 Å². The van der Waals surface area contributed by atoms with Crippen LogP contribution in [0.4, 0.5) is 0 Å². The lowest BCUT2D eigenvalue weighted by molar-refractivity contribution is -0.141. The number of hydrogen-bond donors (Lipinski definition) is 0. The molecule has 0 aliphatic heterocycles. The molecule has 1 aromatic rings. The number of benzene rings is 1. The van der Waals surface area contributed by atoms with E-state index in [2.05, 4.69) is 0 Å². The maximum absolute atomic E-state index is 11.8. The number of hydrogen-bond acceptors (Lipinski definition) is 5. The maximum Gasteiger partial charge on any atom is 0.306 e. The second-order valence-corrected chi connectivity index (χ2v) is 6.45. The summed E-state index contributed by atoms with van der Waals surface area (Å²) in [4.78, 5) is 24.2. The number of Topliss-reactive ketones (excluding diaryl/α,β-unsaturated/α-hetero) is 1. The molecule has 0 N–H and O–H groups in total. The van der Waals surface area contributed by atoms with Crippen molar-refractivity contribution in [2.75, 3.05) is 20.0 Å². The van der Waals surface area contributed by atoms with Crippen molar-refractivity contribution in [3.63, 3.8) is 0 Å². The van der Waals surface area contributed by atoms with E-state index >= 15 is 0 Å². The number of esters is 1. The van der Waals surface area contributed by atoms with Gasteiger partial charge in [0.05, 0.1) is 26.2 Å². The van der Waals surface area contributed by atoms with Crippen LogP contribution in [0.15, 0.2) is 23.1 Å². The van der Waals surface area contributed by atoms with Crippen molar-refractivity contribution in [3.05, 3.63) is 23.8 Å². The van der Waals surface area contributed by atoms with E-state index in [0.717, 1.165) is 23.5 Å². The molecule has 2 rings (SSSR count). The highest BCUT2D eigenvalue weighted by Crippen LogP contribution is 2.52. The third kappa shape index (κ3) is 3.79. The maximum atomic E-state index is 11.8. The SMILES string of the molecule is COC(=O)CC1(CSc2cccc(OC)c2C(C)=O)CC1. The minimum Gasteiger partial charge on any atom is -0.496 e. The molecule has 0 atom stereocenters. The summed E-state index contributed by atoms with van der Waals surface area (Å²) in [6.07, 6.45) is 2.53. The van der Waals surface area contributed by atoms with Crippen LogP contribution >= 0.6 is 11.8 Å². The lowest BCUT2D eigenvalue weighted by Gasteiger charge is -2.15. The molecule has 21 heavy (non-hydrogen) atoms. The number of ketones is 1. The van der Waals surface area contributed by atoms with Crippen LogP contribution in [0.5, 0.6) is 5.75 Å². The molecule has 1 aromatic carbocycles. The van der Waals surface area contributed by atoms with Crippen molar-refractivity contribution in [2.24, 2.45) is 5.41 Å². The third-order valence-corrected chi connectivity index (χ3v) is 5.21. The molecule has 1 aliphatic rings. The minimum absolute atomic E-state index is 0.00670. The molecular formula is C16H20O4S. The molecule has 0 aromatic heterocycles. The first-order valence-electron chi connectivity index (χ1n) is 6.89. The zero-order valence-electron chi connectivity index (χ0n) is 12.6. The first-order chi connectivity index (χ1) is 10.0. The van der Waals surface area contributed by atoms with Gasteiger partial charge in [-0.1, -0.05) is 6.07 Å². The van der Waals surface area contributed by atoms with E-state index in [1.165, 1.54) is 7.11 Å². The smallest absolute Gasteiger partial charge is 0.306 e. The molecule has 0 heterocycles. The Morgan fingerprint density at radius 3 is 2.52 bits per heavy atom. The van der Waals surface area contributed by atoms with Crippen LogP contribution in [0.25, 0.3) is 0 Å². The molecule has 0 amide bonds. The van der Waals surface area contributed by atoms with Crippen LogP contribution in [0.2, 0.25) is 0 Å². The Morgan fingerprint density at radius 1 is 1.29 bits per heavy atom. The van der Waals surface area contributed by atoms with Gasteiger partial charge in [-0.15, -0.1) is 11.8 Å². The summed E-state index contributed by atoms with van der Waals surface area (Å²) < 4.78 is 10.0. The summed E-state index contributed by atoms with van der Waals surface area (Å²) in [5.74, 6) is 1.25. The highest BCUT2D eigenvalue weighted by molar-refractivity contribution is 7.99. The minimum atomic E-state index is -0.162. The molecule has 0 bridgehead atoms. The van der Waals surface area contributed by atoms with Crippen molar-refractivity contribution >= 4 is 23.5 Å². The number of carbonyl (C=O) groups excluding carboxylic acids is 2. The molecule has 0 saturated heterocycles. The van der Waals surface area contributed by atoms with E-state index in [-0.39, 0.29) is 17.2 Å². The van der Waals surface area contributed by atoms with Crippen molar-refractivity contribution in [3.8, 4) is 5.75 Å². The largest absolute Gasteiger partial charge is 0.496 e. The quantitative estimate of drug-likeness (QED) is 0.439. The normalized spacial score (nSPS) is 15.4. The molecule has 114 valence electrons. The summed E-state index contributed by atoms with van der Waals surface area (Å²) in [6, 6.07) is 5.60. The van der Waals surface area contributed by atoms with Gasteiger partial charge in [-0.05, 0) is 37.3 Å². The van der Waals surface area contributed by atoms with Gasteiger partial charge < -0.3 is 9.47 Å². The Hall–Kier alpha value is -1.49. The van der Waals surface area contributed by atoms with Crippen molar-refractivity contribution in [1.29, 1.82) is 0 Å². The number of rotatable bonds is 7. The number of carbonyl (C=O) groups is 2. The summed E-state index contributed by atoms with van der Waals surface area (Å²) in [5.41, 5.74) is 0.661. The molecule has 1 fully saturated rings. The van der Waals surface area contributed by atoms with Gasteiger partial charge in [0, 0.05) is 10.6 Å². The number of ether oxygens (including phenoxy) is 2. The Bertz CT molecular complexity index is 549. The van der Waals surface area contributed by atoms with Crippen molar-refractivity contribution in [1.82, 2.24) is 0 Å². The Morgan fingerprint density at radius 2 is 2.00 bits per heavy atom. The number of thioether (sulfide) groups is 1. The van der Waals surface area contributed by atoms with Crippen molar-refractivity contribution in [2.45, 2.75) is 31.1 Å².